The third-order valence-electron chi connectivity index (χ3n) is 2.82. The van der Waals surface area contributed by atoms with Gasteiger partial charge < -0.3 is 15.0 Å². The number of rotatable bonds is 2. The Kier molecular flexibility index (Phi) is 3.57. The molecule has 94 valence electrons. The number of alkyl carbamates (subject to hydrolysis) is 1. The molecular formula is C11H13N5O2. The van der Waals surface area contributed by atoms with Gasteiger partial charge in [0.25, 0.3) is 0 Å². The van der Waals surface area contributed by atoms with Gasteiger partial charge in [-0.25, -0.2) is 4.79 Å². The Morgan fingerprint density at radius 2 is 2.56 bits per heavy atom. The highest BCUT2D eigenvalue weighted by Gasteiger charge is 2.26. The number of hydrogen-bond acceptors (Lipinski definition) is 6. The highest BCUT2D eigenvalue weighted by atomic mass is 16.5. The maximum absolute atomic E-state index is 11.1. The molecule has 1 saturated heterocycles. The van der Waals surface area contributed by atoms with Gasteiger partial charge in [-0.15, -0.1) is 5.10 Å². The van der Waals surface area contributed by atoms with Gasteiger partial charge in [0.1, 0.15) is 6.07 Å². The van der Waals surface area contributed by atoms with E-state index in [0.29, 0.717) is 17.9 Å². The topological polar surface area (TPSA) is 91.1 Å². The Labute approximate surface area is 104 Å². The first-order valence-electron chi connectivity index (χ1n) is 5.56. The van der Waals surface area contributed by atoms with Crippen LogP contribution in [-0.2, 0) is 4.74 Å². The van der Waals surface area contributed by atoms with Gasteiger partial charge in [-0.05, 0) is 12.5 Å². The average Bonchev–Trinajstić information content (AvgIpc) is 2.86. The molecule has 2 rings (SSSR count). The average molecular weight is 247 g/mol. The Morgan fingerprint density at radius 1 is 1.72 bits per heavy atom. The minimum atomic E-state index is -0.443. The molecule has 7 nitrogen and oxygen atoms in total. The number of ether oxygens (including phenoxy) is 1. The van der Waals surface area contributed by atoms with Gasteiger partial charge >= 0.3 is 6.09 Å². The number of carbonyl (C=O) groups is 1. The molecule has 0 radical (unpaired) electrons. The summed E-state index contributed by atoms with van der Waals surface area (Å²) in [6.45, 7) is 1.32. The summed E-state index contributed by atoms with van der Waals surface area (Å²) in [7, 11) is 1.33. The van der Waals surface area contributed by atoms with E-state index >= 15 is 0 Å². The predicted octanol–water partition coefficient (Wildman–Crippen LogP) is 0.283. The number of nitrogens with one attached hydrogen (secondary N) is 1. The molecule has 1 aliphatic heterocycles. The zero-order chi connectivity index (χ0) is 13.0. The van der Waals surface area contributed by atoms with Crippen LogP contribution in [0, 0.1) is 11.3 Å². The van der Waals surface area contributed by atoms with E-state index in [1.54, 1.807) is 6.07 Å². The van der Waals surface area contributed by atoms with E-state index in [-0.39, 0.29) is 6.04 Å². The molecule has 2 heterocycles. The van der Waals surface area contributed by atoms with Crippen LogP contribution >= 0.6 is 0 Å². The second-order valence-electron chi connectivity index (χ2n) is 3.95. The Hall–Kier alpha value is -2.36. The van der Waals surface area contributed by atoms with Gasteiger partial charge in [-0.2, -0.15) is 10.4 Å². The summed E-state index contributed by atoms with van der Waals surface area (Å²) in [6, 6.07) is 3.72. The van der Waals surface area contributed by atoms with E-state index in [0.717, 1.165) is 13.0 Å². The summed E-state index contributed by atoms with van der Waals surface area (Å²) in [6.07, 6.45) is 1.83. The van der Waals surface area contributed by atoms with E-state index in [9.17, 15) is 4.79 Å². The zero-order valence-electron chi connectivity index (χ0n) is 9.96. The molecule has 7 heteroatoms. The van der Waals surface area contributed by atoms with Crippen LogP contribution in [-0.4, -0.2) is 42.5 Å². The second-order valence-corrected chi connectivity index (χ2v) is 3.95. The second kappa shape index (κ2) is 5.31. The van der Waals surface area contributed by atoms with Gasteiger partial charge in [0.2, 0.25) is 0 Å². The fourth-order valence-electron chi connectivity index (χ4n) is 1.94. The smallest absolute Gasteiger partial charge is 0.407 e. The SMILES string of the molecule is COC(=O)NC1CCN(c2nnccc2C#N)C1. The normalized spacial score (nSPS) is 18.2. The lowest BCUT2D eigenvalue weighted by Gasteiger charge is -2.17. The quantitative estimate of drug-likeness (QED) is 0.807. The molecule has 1 aromatic rings. The third-order valence-corrected chi connectivity index (χ3v) is 2.82. The highest BCUT2D eigenvalue weighted by molar-refractivity contribution is 5.67. The van der Waals surface area contributed by atoms with Crippen molar-refractivity contribution in [3.63, 3.8) is 0 Å². The van der Waals surface area contributed by atoms with Crippen molar-refractivity contribution in [1.29, 1.82) is 5.26 Å². The van der Waals surface area contributed by atoms with Crippen LogP contribution in [0.3, 0.4) is 0 Å². The molecule has 1 N–H and O–H groups in total. The molecule has 0 aromatic carbocycles. The fourth-order valence-corrected chi connectivity index (χ4v) is 1.94. The highest BCUT2D eigenvalue weighted by Crippen LogP contribution is 2.20. The maximum atomic E-state index is 11.1. The van der Waals surface area contributed by atoms with Crippen LogP contribution in [0.15, 0.2) is 12.3 Å². The standard InChI is InChI=1S/C11H13N5O2/c1-18-11(17)14-9-3-5-16(7-9)10-8(6-12)2-4-13-15-10/h2,4,9H,3,5,7H2,1H3,(H,14,17). The van der Waals surface area contributed by atoms with Crippen LogP contribution in [0.25, 0.3) is 0 Å². The van der Waals surface area contributed by atoms with Gasteiger partial charge in [-0.1, -0.05) is 0 Å². The van der Waals surface area contributed by atoms with Crippen molar-refractivity contribution < 1.29 is 9.53 Å². The maximum Gasteiger partial charge on any atom is 0.407 e. The Balaban J connectivity index is 2.05. The minimum absolute atomic E-state index is 0.00555. The molecule has 18 heavy (non-hydrogen) atoms. The fraction of sp³-hybridized carbons (Fsp3) is 0.455. The van der Waals surface area contributed by atoms with E-state index in [4.69, 9.17) is 5.26 Å². The lowest BCUT2D eigenvalue weighted by molar-refractivity contribution is 0.167. The number of carbonyl (C=O) groups excluding carboxylic acids is 1. The molecule has 0 saturated carbocycles. The van der Waals surface area contributed by atoms with Crippen LogP contribution in [0.1, 0.15) is 12.0 Å². The molecule has 0 aliphatic carbocycles. The molecule has 0 spiro atoms. The molecule has 0 bridgehead atoms. The number of nitrogens with zero attached hydrogens (tertiary/aromatic N) is 4. The predicted molar refractivity (Wildman–Crippen MR) is 62.9 cm³/mol. The summed E-state index contributed by atoms with van der Waals surface area (Å²) >= 11 is 0. The lowest BCUT2D eigenvalue weighted by atomic mass is 10.3. The van der Waals surface area contributed by atoms with Crippen molar-refractivity contribution in [2.45, 2.75) is 12.5 Å². The number of hydrogen-bond donors (Lipinski definition) is 1. The van der Waals surface area contributed by atoms with Gasteiger partial charge in [0, 0.05) is 13.1 Å². The number of methoxy groups -OCH3 is 1. The van der Waals surface area contributed by atoms with Gasteiger partial charge in [0.05, 0.1) is 24.9 Å². The van der Waals surface area contributed by atoms with Gasteiger partial charge in [-0.3, -0.25) is 0 Å². The summed E-state index contributed by atoms with van der Waals surface area (Å²) in [5.41, 5.74) is 0.490. The zero-order valence-corrected chi connectivity index (χ0v) is 9.96. The monoisotopic (exact) mass is 247 g/mol. The van der Waals surface area contributed by atoms with Crippen molar-refractivity contribution in [3.8, 4) is 6.07 Å². The first kappa shape index (κ1) is 12.1. The summed E-state index contributed by atoms with van der Waals surface area (Å²) in [5, 5.41) is 19.5. The van der Waals surface area contributed by atoms with Crippen LogP contribution in [0.4, 0.5) is 10.6 Å². The van der Waals surface area contributed by atoms with E-state index in [2.05, 4.69) is 26.3 Å². The van der Waals surface area contributed by atoms with Crippen LogP contribution < -0.4 is 10.2 Å². The first-order chi connectivity index (χ1) is 8.74. The van der Waals surface area contributed by atoms with E-state index in [1.807, 2.05) is 4.90 Å². The lowest BCUT2D eigenvalue weighted by Crippen LogP contribution is -2.37. The molecule has 1 atom stereocenters. The molecule has 1 fully saturated rings. The van der Waals surface area contributed by atoms with Crippen molar-refractivity contribution in [2.24, 2.45) is 0 Å². The Bertz CT molecular complexity index is 485. The first-order valence-corrected chi connectivity index (χ1v) is 5.56. The molecule has 1 unspecified atom stereocenters. The van der Waals surface area contributed by atoms with Gasteiger partial charge in [0.15, 0.2) is 5.82 Å². The van der Waals surface area contributed by atoms with E-state index in [1.165, 1.54) is 13.3 Å². The Morgan fingerprint density at radius 3 is 3.28 bits per heavy atom. The number of aromatic nitrogens is 2. The summed E-state index contributed by atoms with van der Waals surface area (Å²) in [4.78, 5) is 13.0. The molecule has 1 aromatic heterocycles. The minimum Gasteiger partial charge on any atom is -0.453 e. The van der Waals surface area contributed by atoms with Crippen LogP contribution in [0.2, 0.25) is 0 Å². The van der Waals surface area contributed by atoms with Crippen LogP contribution in [0.5, 0.6) is 0 Å². The summed E-state index contributed by atoms with van der Waals surface area (Å²) in [5.74, 6) is 0.564. The number of anilines is 1. The molecular weight excluding hydrogens is 234 g/mol. The largest absolute Gasteiger partial charge is 0.453 e. The van der Waals surface area contributed by atoms with Crippen molar-refractivity contribution in [2.75, 3.05) is 25.1 Å². The van der Waals surface area contributed by atoms with Crippen molar-refractivity contribution in [3.05, 3.63) is 17.8 Å². The third kappa shape index (κ3) is 2.48. The number of nitriles is 1. The van der Waals surface area contributed by atoms with E-state index < -0.39 is 6.09 Å². The molecule has 1 aliphatic rings. The molecule has 1 amide bonds. The summed E-state index contributed by atoms with van der Waals surface area (Å²) < 4.78 is 4.55. The van der Waals surface area contributed by atoms with Crippen molar-refractivity contribution >= 4 is 11.9 Å². The number of amides is 1. The van der Waals surface area contributed by atoms with Crippen molar-refractivity contribution in [1.82, 2.24) is 15.5 Å².